The third-order valence-electron chi connectivity index (χ3n) is 2.81. The van der Waals surface area contributed by atoms with Crippen LogP contribution < -0.4 is 15.9 Å². The Hall–Kier alpha value is -2.25. The number of nitrogens with two attached hydrogens (primary N) is 1. The second-order valence-corrected chi connectivity index (χ2v) is 6.03. The summed E-state index contributed by atoms with van der Waals surface area (Å²) < 4.78 is 6.28. The van der Waals surface area contributed by atoms with E-state index in [-0.39, 0.29) is 5.11 Å². The van der Waals surface area contributed by atoms with Crippen LogP contribution in [0.1, 0.15) is 21.5 Å². The fourth-order valence-corrected chi connectivity index (χ4v) is 2.24. The van der Waals surface area contributed by atoms with Gasteiger partial charge in [0, 0.05) is 10.0 Å². The molecular weight excluding hydrogens is 378 g/mol. The first-order valence-electron chi connectivity index (χ1n) is 6.62. The number of esters is 1. The molecule has 0 aromatic heterocycles. The number of nitrogens with zero attached hydrogens (tertiary/aromatic N) is 1. The number of halogens is 1. The molecule has 0 unspecified atom stereocenters. The minimum absolute atomic E-state index is 0.0505. The summed E-state index contributed by atoms with van der Waals surface area (Å²) >= 11 is 8.04. The van der Waals surface area contributed by atoms with Gasteiger partial charge in [0.2, 0.25) is 0 Å². The number of carbonyl (C=O) groups is 1. The van der Waals surface area contributed by atoms with Crippen LogP contribution in [0.25, 0.3) is 0 Å². The van der Waals surface area contributed by atoms with E-state index in [9.17, 15) is 4.79 Å². The maximum absolute atomic E-state index is 12.3. The molecular formula is C16H14BrN3O2S. The number of hydrogen-bond donors (Lipinski definition) is 2. The minimum atomic E-state index is -0.437. The highest BCUT2D eigenvalue weighted by molar-refractivity contribution is 9.10. The van der Waals surface area contributed by atoms with E-state index in [2.05, 4.69) is 38.7 Å². The van der Waals surface area contributed by atoms with E-state index in [1.54, 1.807) is 30.3 Å². The van der Waals surface area contributed by atoms with Crippen molar-refractivity contribution in [2.45, 2.75) is 6.92 Å². The molecule has 0 amide bonds. The maximum atomic E-state index is 12.3. The maximum Gasteiger partial charge on any atom is 0.343 e. The molecule has 0 aliphatic carbocycles. The predicted molar refractivity (Wildman–Crippen MR) is 97.8 cm³/mol. The average molecular weight is 392 g/mol. The first-order valence-corrected chi connectivity index (χ1v) is 7.83. The smallest absolute Gasteiger partial charge is 0.343 e. The van der Waals surface area contributed by atoms with Crippen molar-refractivity contribution < 1.29 is 9.53 Å². The van der Waals surface area contributed by atoms with Gasteiger partial charge in [0.1, 0.15) is 5.75 Å². The van der Waals surface area contributed by atoms with Crippen molar-refractivity contribution in [1.29, 1.82) is 0 Å². The van der Waals surface area contributed by atoms with Gasteiger partial charge >= 0.3 is 5.97 Å². The lowest BCUT2D eigenvalue weighted by atomic mass is 10.1. The molecule has 3 N–H and O–H groups in total. The zero-order valence-electron chi connectivity index (χ0n) is 12.2. The van der Waals surface area contributed by atoms with Gasteiger partial charge in [0.25, 0.3) is 0 Å². The van der Waals surface area contributed by atoms with Crippen LogP contribution in [-0.2, 0) is 0 Å². The van der Waals surface area contributed by atoms with Crippen LogP contribution in [0.4, 0.5) is 0 Å². The van der Waals surface area contributed by atoms with Crippen LogP contribution >= 0.6 is 28.1 Å². The van der Waals surface area contributed by atoms with Gasteiger partial charge < -0.3 is 10.5 Å². The summed E-state index contributed by atoms with van der Waals surface area (Å²) in [6.45, 7) is 1.91. The topological polar surface area (TPSA) is 76.7 Å². The quantitative estimate of drug-likeness (QED) is 0.275. The molecule has 0 bridgehead atoms. The number of rotatable bonds is 4. The van der Waals surface area contributed by atoms with Gasteiger partial charge in [-0.1, -0.05) is 33.6 Å². The molecule has 0 atom stereocenters. The fraction of sp³-hybridized carbons (Fsp3) is 0.0625. The van der Waals surface area contributed by atoms with E-state index in [4.69, 9.17) is 10.5 Å². The van der Waals surface area contributed by atoms with Crippen molar-refractivity contribution in [3.05, 3.63) is 63.6 Å². The Morgan fingerprint density at radius 2 is 2.13 bits per heavy atom. The largest absolute Gasteiger partial charge is 0.422 e. The number of hydrogen-bond acceptors (Lipinski definition) is 4. The number of ether oxygens (including phenoxy) is 1. The summed E-state index contributed by atoms with van der Waals surface area (Å²) in [6.07, 6.45) is 1.47. The number of nitrogens with one attached hydrogen (secondary N) is 1. The van der Waals surface area contributed by atoms with Crippen molar-refractivity contribution >= 4 is 45.4 Å². The van der Waals surface area contributed by atoms with E-state index in [0.29, 0.717) is 16.9 Å². The Morgan fingerprint density at radius 3 is 2.83 bits per heavy atom. The van der Waals surface area contributed by atoms with Gasteiger partial charge in [-0.25, -0.2) is 4.79 Å². The summed E-state index contributed by atoms with van der Waals surface area (Å²) in [5.41, 5.74) is 9.83. The van der Waals surface area contributed by atoms with Gasteiger partial charge in [0.05, 0.1) is 11.8 Å². The molecule has 23 heavy (non-hydrogen) atoms. The van der Waals surface area contributed by atoms with Crippen LogP contribution in [0.5, 0.6) is 5.75 Å². The van der Waals surface area contributed by atoms with Crippen molar-refractivity contribution in [2.75, 3.05) is 0 Å². The molecule has 0 saturated heterocycles. The van der Waals surface area contributed by atoms with E-state index >= 15 is 0 Å². The second-order valence-electron chi connectivity index (χ2n) is 4.68. The Morgan fingerprint density at radius 1 is 1.35 bits per heavy atom. The van der Waals surface area contributed by atoms with Crippen molar-refractivity contribution in [3.8, 4) is 5.75 Å². The molecule has 7 heteroatoms. The van der Waals surface area contributed by atoms with Crippen molar-refractivity contribution in [1.82, 2.24) is 5.43 Å². The summed E-state index contributed by atoms with van der Waals surface area (Å²) in [7, 11) is 0. The number of carbonyl (C=O) groups excluding carboxylic acids is 1. The van der Waals surface area contributed by atoms with Crippen molar-refractivity contribution in [3.63, 3.8) is 0 Å². The first-order chi connectivity index (χ1) is 11.0. The zero-order chi connectivity index (χ0) is 16.8. The summed E-state index contributed by atoms with van der Waals surface area (Å²) in [6, 6.07) is 12.4. The predicted octanol–water partition coefficient (Wildman–Crippen LogP) is 3.14. The molecule has 5 nitrogen and oxygen atoms in total. The van der Waals surface area contributed by atoms with E-state index < -0.39 is 5.97 Å². The highest BCUT2D eigenvalue weighted by Crippen LogP contribution is 2.23. The second kappa shape index (κ2) is 7.85. The highest BCUT2D eigenvalue weighted by Gasteiger charge is 2.11. The zero-order valence-corrected chi connectivity index (χ0v) is 14.6. The SMILES string of the molecule is Cc1cccc(C(=O)Oc2ccc(Br)cc2/C=N/NC(N)=S)c1. The van der Waals surface area contributed by atoms with Crippen LogP contribution in [0, 0.1) is 6.92 Å². The molecule has 0 fully saturated rings. The molecule has 0 radical (unpaired) electrons. The normalized spacial score (nSPS) is 10.5. The number of thiocarbonyl (C=S) groups is 1. The molecule has 0 aliphatic heterocycles. The van der Waals surface area contributed by atoms with E-state index in [1.807, 2.05) is 19.1 Å². The Kier molecular flexibility index (Phi) is 5.84. The summed E-state index contributed by atoms with van der Waals surface area (Å²) in [4.78, 5) is 12.3. The van der Waals surface area contributed by atoms with Crippen LogP contribution in [0.2, 0.25) is 0 Å². The molecule has 0 heterocycles. The Labute approximate surface area is 147 Å². The van der Waals surface area contributed by atoms with Gasteiger partial charge in [-0.15, -0.1) is 0 Å². The lowest BCUT2D eigenvalue weighted by molar-refractivity contribution is 0.0734. The fourth-order valence-electron chi connectivity index (χ4n) is 1.81. The average Bonchev–Trinajstić information content (AvgIpc) is 2.49. The lowest BCUT2D eigenvalue weighted by Gasteiger charge is -2.08. The van der Waals surface area contributed by atoms with Gasteiger partial charge in [-0.05, 0) is 49.5 Å². The van der Waals surface area contributed by atoms with Gasteiger partial charge in [-0.3, -0.25) is 5.43 Å². The number of aryl methyl sites for hydroxylation is 1. The monoisotopic (exact) mass is 391 g/mol. The summed E-state index contributed by atoms with van der Waals surface area (Å²) in [5.74, 6) is -0.0545. The van der Waals surface area contributed by atoms with Crippen LogP contribution in [-0.4, -0.2) is 17.3 Å². The van der Waals surface area contributed by atoms with Gasteiger partial charge in [-0.2, -0.15) is 5.10 Å². The molecule has 2 rings (SSSR count). The lowest BCUT2D eigenvalue weighted by Crippen LogP contribution is -2.24. The van der Waals surface area contributed by atoms with Crippen LogP contribution in [0.15, 0.2) is 52.0 Å². The van der Waals surface area contributed by atoms with Gasteiger partial charge in [0.15, 0.2) is 5.11 Å². The number of benzene rings is 2. The third kappa shape index (κ3) is 5.15. The Bertz CT molecular complexity index is 778. The third-order valence-corrected chi connectivity index (χ3v) is 3.39. The van der Waals surface area contributed by atoms with E-state index in [1.165, 1.54) is 6.21 Å². The standard InChI is InChI=1S/C16H14BrN3O2S/c1-10-3-2-4-11(7-10)15(21)22-14-6-5-13(17)8-12(14)9-19-20-16(18)23/h2-9H,1H3,(H3,18,20,23)/b19-9+. The molecule has 0 spiro atoms. The van der Waals surface area contributed by atoms with E-state index in [0.717, 1.165) is 10.0 Å². The molecule has 118 valence electrons. The number of hydrazone groups is 1. The molecule has 0 saturated carbocycles. The highest BCUT2D eigenvalue weighted by atomic mass is 79.9. The van der Waals surface area contributed by atoms with Crippen LogP contribution in [0.3, 0.4) is 0 Å². The first kappa shape index (κ1) is 17.1. The molecule has 0 aliphatic rings. The Balaban J connectivity index is 2.23. The summed E-state index contributed by atoms with van der Waals surface area (Å²) in [5, 5.41) is 3.93. The van der Waals surface area contributed by atoms with Crippen molar-refractivity contribution in [2.24, 2.45) is 10.8 Å². The minimum Gasteiger partial charge on any atom is -0.422 e. The molecule has 2 aromatic rings. The molecule has 2 aromatic carbocycles.